The molecule has 3 rings (SSSR count). The number of sulfonamides is 1. The summed E-state index contributed by atoms with van der Waals surface area (Å²) in [7, 11) is -3.98. The molecule has 2 N–H and O–H groups in total. The molecule has 0 aliphatic carbocycles. The number of nitrogens with one attached hydrogen (secondary N) is 1. The molecule has 9 heteroatoms. The Morgan fingerprint density at radius 2 is 1.88 bits per heavy atom. The molecule has 1 atom stereocenters. The summed E-state index contributed by atoms with van der Waals surface area (Å²) in [6.07, 6.45) is 0.107. The number of rotatable bonds is 5. The summed E-state index contributed by atoms with van der Waals surface area (Å²) in [5, 5.41) is 10.1. The molecule has 0 saturated carbocycles. The van der Waals surface area contributed by atoms with Crippen LogP contribution in [0.15, 0.2) is 41.3 Å². The second-order valence-corrected chi connectivity index (χ2v) is 7.85. The highest BCUT2D eigenvalue weighted by atomic mass is 35.5. The summed E-state index contributed by atoms with van der Waals surface area (Å²) >= 11 is 5.87. The zero-order valence-corrected chi connectivity index (χ0v) is 14.8. The smallest absolute Gasteiger partial charge is 0.240 e. The van der Waals surface area contributed by atoms with Crippen molar-refractivity contribution in [2.24, 2.45) is 0 Å². The first-order valence-electron chi connectivity index (χ1n) is 7.52. The average molecular weight is 402 g/mol. The molecule has 5 nitrogen and oxygen atoms in total. The van der Waals surface area contributed by atoms with Gasteiger partial charge in [0.2, 0.25) is 10.0 Å². The van der Waals surface area contributed by atoms with Gasteiger partial charge in [0.15, 0.2) is 0 Å². The topological polar surface area (TPSA) is 75.6 Å². The van der Waals surface area contributed by atoms with Crippen LogP contribution in [0.25, 0.3) is 6.08 Å². The average Bonchev–Trinajstić information content (AvgIpc) is 2.59. The standard InChI is InChI=1S/C17H14ClF2NO4S/c18-15-7-13(20)5-11-6-14(9-25-17(11)15)26(23,24)21-8-16(22)10-1-3-12(19)4-2-10/h1-7,16,21-22H,8-9H2/t16-/m0/s1. The molecule has 138 valence electrons. The van der Waals surface area contributed by atoms with Gasteiger partial charge in [-0.2, -0.15) is 0 Å². The molecule has 0 aromatic heterocycles. The molecule has 26 heavy (non-hydrogen) atoms. The molecule has 1 heterocycles. The van der Waals surface area contributed by atoms with E-state index in [1.54, 1.807) is 0 Å². The second-order valence-electron chi connectivity index (χ2n) is 5.62. The first-order chi connectivity index (χ1) is 12.3. The van der Waals surface area contributed by atoms with E-state index in [4.69, 9.17) is 16.3 Å². The van der Waals surface area contributed by atoms with Gasteiger partial charge in [-0.15, -0.1) is 0 Å². The van der Waals surface area contributed by atoms with E-state index >= 15 is 0 Å². The van der Waals surface area contributed by atoms with Crippen molar-refractivity contribution >= 4 is 27.7 Å². The highest BCUT2D eigenvalue weighted by Gasteiger charge is 2.25. The van der Waals surface area contributed by atoms with E-state index in [1.165, 1.54) is 30.3 Å². The fraction of sp³-hybridized carbons (Fsp3) is 0.176. The van der Waals surface area contributed by atoms with E-state index in [0.717, 1.165) is 12.1 Å². The Morgan fingerprint density at radius 1 is 1.19 bits per heavy atom. The fourth-order valence-corrected chi connectivity index (χ4v) is 3.76. The van der Waals surface area contributed by atoms with Crippen LogP contribution in [-0.2, 0) is 10.0 Å². The maximum absolute atomic E-state index is 13.5. The fourth-order valence-electron chi connectivity index (χ4n) is 2.44. The van der Waals surface area contributed by atoms with Crippen LogP contribution in [-0.4, -0.2) is 26.7 Å². The Bertz CT molecular complexity index is 961. The summed E-state index contributed by atoms with van der Waals surface area (Å²) in [6.45, 7) is -0.595. The number of aliphatic hydroxyl groups is 1. The van der Waals surface area contributed by atoms with Crippen LogP contribution in [0.5, 0.6) is 5.75 Å². The molecule has 0 radical (unpaired) electrons. The van der Waals surface area contributed by atoms with Gasteiger partial charge in [-0.1, -0.05) is 23.7 Å². The highest BCUT2D eigenvalue weighted by Crippen LogP contribution is 2.35. The van der Waals surface area contributed by atoms with Crippen molar-refractivity contribution in [3.05, 3.63) is 69.1 Å². The van der Waals surface area contributed by atoms with Crippen LogP contribution in [0, 0.1) is 11.6 Å². The molecule has 2 aromatic carbocycles. The van der Waals surface area contributed by atoms with Crippen LogP contribution in [0.3, 0.4) is 0 Å². The first-order valence-corrected chi connectivity index (χ1v) is 9.38. The van der Waals surface area contributed by atoms with E-state index < -0.39 is 27.8 Å². The first kappa shape index (κ1) is 18.8. The predicted molar refractivity (Wildman–Crippen MR) is 93.2 cm³/mol. The zero-order valence-electron chi connectivity index (χ0n) is 13.2. The van der Waals surface area contributed by atoms with Crippen molar-refractivity contribution < 1.29 is 27.0 Å². The van der Waals surface area contributed by atoms with Gasteiger partial charge in [0.1, 0.15) is 24.0 Å². The summed E-state index contributed by atoms with van der Waals surface area (Å²) < 4.78 is 58.7. The molecule has 0 spiro atoms. The van der Waals surface area contributed by atoms with Crippen molar-refractivity contribution in [3.63, 3.8) is 0 Å². The Morgan fingerprint density at radius 3 is 2.58 bits per heavy atom. The van der Waals surface area contributed by atoms with Gasteiger partial charge >= 0.3 is 0 Å². The lowest BCUT2D eigenvalue weighted by atomic mass is 10.1. The minimum Gasteiger partial charge on any atom is -0.486 e. The maximum atomic E-state index is 13.5. The van der Waals surface area contributed by atoms with Crippen molar-refractivity contribution in [3.8, 4) is 5.75 Å². The van der Waals surface area contributed by atoms with Crippen LogP contribution in [0.4, 0.5) is 8.78 Å². The molecule has 0 saturated heterocycles. The van der Waals surface area contributed by atoms with Gasteiger partial charge in [-0.25, -0.2) is 21.9 Å². The number of halogens is 3. The van der Waals surface area contributed by atoms with E-state index in [2.05, 4.69) is 4.72 Å². The van der Waals surface area contributed by atoms with Crippen molar-refractivity contribution in [2.45, 2.75) is 6.10 Å². The van der Waals surface area contributed by atoms with Crippen molar-refractivity contribution in [1.29, 1.82) is 0 Å². The Hall–Kier alpha value is -2.00. The minimum atomic E-state index is -3.98. The molecular weight excluding hydrogens is 388 g/mol. The summed E-state index contributed by atoms with van der Waals surface area (Å²) in [5.74, 6) is -0.874. The molecule has 0 bridgehead atoms. The minimum absolute atomic E-state index is 0.0485. The summed E-state index contributed by atoms with van der Waals surface area (Å²) in [6, 6.07) is 7.24. The highest BCUT2D eigenvalue weighted by molar-refractivity contribution is 7.93. The number of benzene rings is 2. The van der Waals surface area contributed by atoms with Crippen molar-refractivity contribution in [1.82, 2.24) is 4.72 Å². The van der Waals surface area contributed by atoms with Crippen LogP contribution in [0.1, 0.15) is 17.2 Å². The molecule has 0 fully saturated rings. The lowest BCUT2D eigenvalue weighted by Crippen LogP contribution is -2.32. The summed E-state index contributed by atoms with van der Waals surface area (Å²) in [4.78, 5) is -0.127. The molecular formula is C17H14ClF2NO4S. The third-order valence-electron chi connectivity index (χ3n) is 3.78. The number of aliphatic hydroxyl groups excluding tert-OH is 1. The molecule has 0 unspecified atom stereocenters. The largest absolute Gasteiger partial charge is 0.486 e. The Kier molecular flexibility index (Phi) is 5.29. The normalized spacial score (nSPS) is 15.0. The predicted octanol–water partition coefficient (Wildman–Crippen LogP) is 3.00. The second kappa shape index (κ2) is 7.32. The lowest BCUT2D eigenvalue weighted by molar-refractivity contribution is 0.182. The third-order valence-corrected chi connectivity index (χ3v) is 5.53. The van der Waals surface area contributed by atoms with Gasteiger partial charge < -0.3 is 9.84 Å². The maximum Gasteiger partial charge on any atom is 0.240 e. The summed E-state index contributed by atoms with van der Waals surface area (Å²) in [5.41, 5.74) is 0.572. The molecule has 1 aliphatic heterocycles. The number of ether oxygens (including phenoxy) is 1. The Labute approximate surface area is 153 Å². The van der Waals surface area contributed by atoms with Crippen molar-refractivity contribution in [2.75, 3.05) is 13.2 Å². The van der Waals surface area contributed by atoms with Gasteiger partial charge in [0.05, 0.1) is 16.0 Å². The monoisotopic (exact) mass is 401 g/mol. The van der Waals surface area contributed by atoms with Gasteiger partial charge in [-0.3, -0.25) is 0 Å². The Balaban J connectivity index is 1.76. The van der Waals surface area contributed by atoms with E-state index in [-0.39, 0.29) is 34.4 Å². The number of hydrogen-bond acceptors (Lipinski definition) is 4. The van der Waals surface area contributed by atoms with Crippen LogP contribution >= 0.6 is 11.6 Å². The molecule has 2 aromatic rings. The quantitative estimate of drug-likeness (QED) is 0.807. The van der Waals surface area contributed by atoms with Gasteiger partial charge in [0.25, 0.3) is 0 Å². The third kappa shape index (κ3) is 4.04. The zero-order chi connectivity index (χ0) is 18.9. The molecule has 0 amide bonds. The number of fused-ring (bicyclic) bond motifs is 1. The van der Waals surface area contributed by atoms with Gasteiger partial charge in [0, 0.05) is 12.1 Å². The van der Waals surface area contributed by atoms with E-state index in [1.807, 2.05) is 0 Å². The lowest BCUT2D eigenvalue weighted by Gasteiger charge is -2.20. The van der Waals surface area contributed by atoms with E-state index in [9.17, 15) is 22.3 Å². The SMILES string of the molecule is O=S(=O)(NC[C@H](O)c1ccc(F)cc1)C1=Cc2cc(F)cc(Cl)c2OC1. The number of hydrogen-bond donors (Lipinski definition) is 2. The van der Waals surface area contributed by atoms with Crippen LogP contribution in [0.2, 0.25) is 5.02 Å². The van der Waals surface area contributed by atoms with Gasteiger partial charge in [-0.05, 0) is 35.9 Å². The van der Waals surface area contributed by atoms with E-state index in [0.29, 0.717) is 5.56 Å². The molecule has 1 aliphatic rings. The van der Waals surface area contributed by atoms with Crippen LogP contribution < -0.4 is 9.46 Å².